The Kier molecular flexibility index (Phi) is 4.56. The summed E-state index contributed by atoms with van der Waals surface area (Å²) in [7, 11) is 1.63. The van der Waals surface area contributed by atoms with Gasteiger partial charge in [-0.3, -0.25) is 4.98 Å². The van der Waals surface area contributed by atoms with Crippen LogP contribution in [0.1, 0.15) is 51.8 Å². The quantitative estimate of drug-likeness (QED) is 0.865. The number of nitrogens with zero attached hydrogens (tertiary/aromatic N) is 1. The molecule has 0 unspecified atom stereocenters. The summed E-state index contributed by atoms with van der Waals surface area (Å²) in [5.41, 5.74) is 1.68. The molecule has 0 saturated carbocycles. The predicted octanol–water partition coefficient (Wildman–Crippen LogP) is 3.01. The van der Waals surface area contributed by atoms with E-state index >= 15 is 0 Å². The maximum atomic E-state index is 5.97. The summed E-state index contributed by atoms with van der Waals surface area (Å²) in [4.78, 5) is 4.20. The van der Waals surface area contributed by atoms with Gasteiger partial charge in [0.2, 0.25) is 0 Å². The first-order valence-corrected chi connectivity index (χ1v) is 7.42. The van der Waals surface area contributed by atoms with Crippen LogP contribution in [0.3, 0.4) is 0 Å². The minimum absolute atomic E-state index is 0.247. The standard InChI is InChI=1S/C16H25BN2O2/c1-12(18-6)14-11-19-10-8-13(14)7-9-17-20-15(2,3)16(4,5)21-17/h7-12,18H,1-6H3/b9-7+/t12-/m1/s1. The van der Waals surface area contributed by atoms with Crippen molar-refractivity contribution >= 4 is 13.2 Å². The summed E-state index contributed by atoms with van der Waals surface area (Å²) in [5.74, 6) is 1.97. The highest BCUT2D eigenvalue weighted by molar-refractivity contribution is 6.52. The highest BCUT2D eigenvalue weighted by Gasteiger charge is 2.49. The molecule has 1 atom stereocenters. The van der Waals surface area contributed by atoms with E-state index in [-0.39, 0.29) is 24.4 Å². The average Bonchev–Trinajstić information content (AvgIpc) is 2.64. The van der Waals surface area contributed by atoms with E-state index in [1.54, 1.807) is 6.20 Å². The smallest absolute Gasteiger partial charge is 0.400 e. The zero-order chi connectivity index (χ0) is 15.7. The lowest BCUT2D eigenvalue weighted by Crippen LogP contribution is -2.41. The summed E-state index contributed by atoms with van der Waals surface area (Å²) in [6.45, 7) is 10.3. The molecule has 1 N–H and O–H groups in total. The fraction of sp³-hybridized carbons (Fsp3) is 0.562. The van der Waals surface area contributed by atoms with E-state index in [0.29, 0.717) is 0 Å². The third kappa shape index (κ3) is 3.36. The van der Waals surface area contributed by atoms with Crippen molar-refractivity contribution in [3.8, 4) is 0 Å². The van der Waals surface area contributed by atoms with Crippen molar-refractivity contribution in [3.05, 3.63) is 35.6 Å². The Morgan fingerprint density at radius 2 is 1.86 bits per heavy atom. The van der Waals surface area contributed by atoms with Crippen molar-refractivity contribution in [2.24, 2.45) is 0 Å². The molecule has 1 aliphatic rings. The second-order valence-electron chi connectivity index (χ2n) is 6.50. The molecule has 1 aromatic heterocycles. The molecule has 0 aromatic carbocycles. The number of hydrogen-bond donors (Lipinski definition) is 1. The zero-order valence-electron chi connectivity index (χ0n) is 13.8. The lowest BCUT2D eigenvalue weighted by Gasteiger charge is -2.32. The summed E-state index contributed by atoms with van der Waals surface area (Å²) in [6.07, 6.45) is 5.74. The molecule has 1 saturated heterocycles. The Morgan fingerprint density at radius 1 is 1.24 bits per heavy atom. The fourth-order valence-corrected chi connectivity index (χ4v) is 2.24. The molecule has 2 rings (SSSR count). The van der Waals surface area contributed by atoms with Crippen molar-refractivity contribution < 1.29 is 9.31 Å². The summed E-state index contributed by atoms with van der Waals surface area (Å²) in [6, 6.07) is 2.25. The summed E-state index contributed by atoms with van der Waals surface area (Å²) in [5, 5.41) is 3.24. The van der Waals surface area contributed by atoms with Gasteiger partial charge >= 0.3 is 7.12 Å². The van der Waals surface area contributed by atoms with Crippen molar-refractivity contribution in [3.63, 3.8) is 0 Å². The number of nitrogens with one attached hydrogen (secondary N) is 1. The number of aromatic nitrogens is 1. The molecule has 0 radical (unpaired) electrons. The second kappa shape index (κ2) is 5.91. The van der Waals surface area contributed by atoms with Crippen molar-refractivity contribution in [1.29, 1.82) is 0 Å². The van der Waals surface area contributed by atoms with E-state index in [1.165, 1.54) is 0 Å². The van der Waals surface area contributed by atoms with Crippen LogP contribution in [0, 0.1) is 0 Å². The van der Waals surface area contributed by atoms with Gasteiger partial charge < -0.3 is 14.6 Å². The van der Waals surface area contributed by atoms with Crippen LogP contribution in [-0.2, 0) is 9.31 Å². The molecule has 0 spiro atoms. The molecule has 0 aliphatic carbocycles. The maximum absolute atomic E-state index is 5.97. The Hall–Kier alpha value is -1.17. The number of pyridine rings is 1. The molecule has 1 aliphatic heterocycles. The van der Waals surface area contributed by atoms with Crippen LogP contribution in [-0.4, -0.2) is 30.4 Å². The largest absolute Gasteiger partial charge is 0.487 e. The predicted molar refractivity (Wildman–Crippen MR) is 86.8 cm³/mol. The Labute approximate surface area is 128 Å². The van der Waals surface area contributed by atoms with Gasteiger partial charge in [0.25, 0.3) is 0 Å². The Balaban J connectivity index is 2.17. The van der Waals surface area contributed by atoms with Crippen LogP contribution >= 0.6 is 0 Å². The molecular formula is C16H25BN2O2. The summed E-state index contributed by atoms with van der Waals surface area (Å²) < 4.78 is 11.9. The molecule has 4 nitrogen and oxygen atoms in total. The molecule has 2 heterocycles. The topological polar surface area (TPSA) is 43.4 Å². The van der Waals surface area contributed by atoms with E-state index in [4.69, 9.17) is 9.31 Å². The van der Waals surface area contributed by atoms with Crippen LogP contribution in [0.25, 0.3) is 6.08 Å². The molecule has 114 valence electrons. The summed E-state index contributed by atoms with van der Waals surface area (Å²) >= 11 is 0. The van der Waals surface area contributed by atoms with Gasteiger partial charge in [-0.15, -0.1) is 0 Å². The fourth-order valence-electron chi connectivity index (χ4n) is 2.24. The van der Waals surface area contributed by atoms with Crippen LogP contribution in [0.2, 0.25) is 0 Å². The molecule has 0 amide bonds. The van der Waals surface area contributed by atoms with Gasteiger partial charge in [-0.05, 0) is 58.9 Å². The number of rotatable bonds is 4. The van der Waals surface area contributed by atoms with Crippen LogP contribution in [0.5, 0.6) is 0 Å². The molecule has 5 heteroatoms. The van der Waals surface area contributed by atoms with Crippen LogP contribution in [0.4, 0.5) is 0 Å². The second-order valence-corrected chi connectivity index (χ2v) is 6.50. The highest BCUT2D eigenvalue weighted by atomic mass is 16.7. The SMILES string of the molecule is CN[C@H](C)c1cnccc1/C=C/B1OC(C)(C)C(C)(C)O1. The van der Waals surface area contributed by atoms with Gasteiger partial charge in [-0.1, -0.05) is 12.1 Å². The van der Waals surface area contributed by atoms with Crippen LogP contribution in [0.15, 0.2) is 24.4 Å². The number of hydrogen-bond acceptors (Lipinski definition) is 4. The van der Waals surface area contributed by atoms with E-state index in [2.05, 4.69) is 44.9 Å². The highest BCUT2D eigenvalue weighted by Crippen LogP contribution is 2.37. The molecule has 21 heavy (non-hydrogen) atoms. The third-order valence-corrected chi connectivity index (χ3v) is 4.49. The first kappa shape index (κ1) is 16.2. The van der Waals surface area contributed by atoms with Gasteiger partial charge in [-0.25, -0.2) is 0 Å². The van der Waals surface area contributed by atoms with Crippen molar-refractivity contribution in [1.82, 2.24) is 10.3 Å². The van der Waals surface area contributed by atoms with Gasteiger partial charge in [0.05, 0.1) is 11.2 Å². The lowest BCUT2D eigenvalue weighted by atomic mass is 9.88. The van der Waals surface area contributed by atoms with E-state index < -0.39 is 0 Å². The van der Waals surface area contributed by atoms with Crippen molar-refractivity contribution in [2.45, 2.75) is 51.9 Å². The first-order chi connectivity index (χ1) is 9.77. The van der Waals surface area contributed by atoms with Crippen molar-refractivity contribution in [2.75, 3.05) is 7.05 Å². The Bertz CT molecular complexity index is 513. The van der Waals surface area contributed by atoms with Gasteiger partial charge in [0, 0.05) is 18.4 Å². The van der Waals surface area contributed by atoms with Gasteiger partial charge in [0.15, 0.2) is 0 Å². The van der Waals surface area contributed by atoms with E-state index in [1.807, 2.05) is 31.4 Å². The van der Waals surface area contributed by atoms with Gasteiger partial charge in [-0.2, -0.15) is 0 Å². The third-order valence-electron chi connectivity index (χ3n) is 4.49. The zero-order valence-corrected chi connectivity index (χ0v) is 13.8. The minimum Gasteiger partial charge on any atom is -0.400 e. The molecule has 1 fully saturated rings. The van der Waals surface area contributed by atoms with E-state index in [0.717, 1.165) is 11.1 Å². The molecule has 0 bridgehead atoms. The average molecular weight is 288 g/mol. The lowest BCUT2D eigenvalue weighted by molar-refractivity contribution is 0.00578. The molecule has 1 aromatic rings. The minimum atomic E-state index is -0.319. The van der Waals surface area contributed by atoms with Crippen LogP contribution < -0.4 is 5.32 Å². The van der Waals surface area contributed by atoms with Gasteiger partial charge in [0.1, 0.15) is 0 Å². The maximum Gasteiger partial charge on any atom is 0.487 e. The van der Waals surface area contributed by atoms with E-state index in [9.17, 15) is 0 Å². The first-order valence-electron chi connectivity index (χ1n) is 7.42. The monoisotopic (exact) mass is 288 g/mol. The molecular weight excluding hydrogens is 263 g/mol. The normalized spacial score (nSPS) is 21.9. The Morgan fingerprint density at radius 3 is 2.43 bits per heavy atom.